The second-order valence-electron chi connectivity index (χ2n) is 9.73. The maximum atomic E-state index is 13.9. The second-order valence-corrected chi connectivity index (χ2v) is 12.5. The van der Waals surface area contributed by atoms with E-state index in [1.54, 1.807) is 42.5 Å². The van der Waals surface area contributed by atoms with Gasteiger partial charge in [-0.25, -0.2) is 8.42 Å². The molecule has 0 bridgehead atoms. The number of hydrogen-bond acceptors (Lipinski definition) is 5. The van der Waals surface area contributed by atoms with E-state index < -0.39 is 28.5 Å². The number of nitrogens with one attached hydrogen (secondary N) is 1. The van der Waals surface area contributed by atoms with Crippen LogP contribution < -0.4 is 14.4 Å². The molecule has 0 unspecified atom stereocenters. The average molecular weight is 599 g/mol. The molecule has 1 aliphatic carbocycles. The molecule has 0 saturated heterocycles. The normalized spacial score (nSPS) is 14.9. The number of ether oxygens (including phenoxy) is 1. The number of rotatable bonds is 12. The molecule has 3 rings (SSSR count). The summed E-state index contributed by atoms with van der Waals surface area (Å²) in [6.07, 6.45) is 6.47. The maximum absolute atomic E-state index is 13.9. The van der Waals surface area contributed by atoms with Gasteiger partial charge < -0.3 is 15.0 Å². The van der Waals surface area contributed by atoms with E-state index in [2.05, 4.69) is 5.32 Å². The molecule has 1 atom stereocenters. The van der Waals surface area contributed by atoms with Gasteiger partial charge in [-0.3, -0.25) is 13.9 Å². The van der Waals surface area contributed by atoms with Gasteiger partial charge in [-0.2, -0.15) is 0 Å². The number of benzene rings is 2. The molecule has 2 amide bonds. The van der Waals surface area contributed by atoms with Crippen molar-refractivity contribution in [2.45, 2.75) is 71.0 Å². The number of hydrogen-bond donors (Lipinski definition) is 1. The Morgan fingerprint density at radius 1 is 1.03 bits per heavy atom. The lowest BCUT2D eigenvalue weighted by molar-refractivity contribution is -0.140. The quantitative estimate of drug-likeness (QED) is 0.352. The molecular weight excluding hydrogens is 561 g/mol. The molecule has 0 spiro atoms. The molecule has 0 aliphatic heterocycles. The SMILES string of the molecule is CCOc1ccc(N(CC(=O)N(Cc2ccc(Cl)c(Cl)c2)[C@@H](CC)C(=O)NC2CCCCC2)S(C)(=O)=O)cc1. The van der Waals surface area contributed by atoms with E-state index in [1.807, 2.05) is 13.8 Å². The number of halogens is 2. The Bertz CT molecular complexity index is 1230. The summed E-state index contributed by atoms with van der Waals surface area (Å²) in [6, 6.07) is 10.8. The molecule has 39 heavy (non-hydrogen) atoms. The highest BCUT2D eigenvalue weighted by Gasteiger charge is 2.33. The maximum Gasteiger partial charge on any atom is 0.244 e. The van der Waals surface area contributed by atoms with Crippen LogP contribution in [-0.2, 0) is 26.2 Å². The van der Waals surface area contributed by atoms with E-state index in [-0.39, 0.29) is 18.5 Å². The Morgan fingerprint density at radius 3 is 2.26 bits per heavy atom. The van der Waals surface area contributed by atoms with Gasteiger partial charge >= 0.3 is 0 Å². The van der Waals surface area contributed by atoms with Crippen molar-refractivity contribution in [3.8, 4) is 5.75 Å². The fourth-order valence-corrected chi connectivity index (χ4v) is 5.96. The average Bonchev–Trinajstić information content (AvgIpc) is 2.90. The third-order valence-electron chi connectivity index (χ3n) is 6.79. The lowest BCUT2D eigenvalue weighted by Crippen LogP contribution is -2.53. The molecule has 214 valence electrons. The summed E-state index contributed by atoms with van der Waals surface area (Å²) < 4.78 is 32.1. The van der Waals surface area contributed by atoms with Crippen LogP contribution in [0.25, 0.3) is 0 Å². The number of sulfonamides is 1. The van der Waals surface area contributed by atoms with Gasteiger partial charge in [-0.15, -0.1) is 0 Å². The monoisotopic (exact) mass is 597 g/mol. The number of carbonyl (C=O) groups is 2. The molecule has 0 heterocycles. The van der Waals surface area contributed by atoms with E-state index in [9.17, 15) is 18.0 Å². The van der Waals surface area contributed by atoms with Crippen molar-refractivity contribution in [2.24, 2.45) is 0 Å². The zero-order valence-electron chi connectivity index (χ0n) is 22.7. The first kappa shape index (κ1) is 31.0. The van der Waals surface area contributed by atoms with E-state index in [0.29, 0.717) is 40.1 Å². The molecule has 0 radical (unpaired) electrons. The Morgan fingerprint density at radius 2 is 1.69 bits per heavy atom. The number of anilines is 1. The highest BCUT2D eigenvalue weighted by molar-refractivity contribution is 7.92. The summed E-state index contributed by atoms with van der Waals surface area (Å²) in [6.45, 7) is 3.75. The first-order valence-corrected chi connectivity index (χ1v) is 15.9. The largest absolute Gasteiger partial charge is 0.494 e. The van der Waals surface area contributed by atoms with Crippen LogP contribution in [-0.4, -0.2) is 56.6 Å². The number of nitrogens with zero attached hydrogens (tertiary/aromatic N) is 2. The van der Waals surface area contributed by atoms with Gasteiger partial charge in [-0.05, 0) is 68.1 Å². The minimum absolute atomic E-state index is 0.0627. The Kier molecular flexibility index (Phi) is 11.3. The standard InChI is InChI=1S/C28H37Cl2N3O5S/c1-4-26(28(35)31-21-9-7-6-8-10-21)32(18-20-11-16-24(29)25(30)17-20)27(34)19-33(39(3,36)37)22-12-14-23(15-13-22)38-5-2/h11-17,21,26H,4-10,18-19H2,1-3H3,(H,31,35)/t26-/m0/s1. The lowest BCUT2D eigenvalue weighted by atomic mass is 9.95. The second kappa shape index (κ2) is 14.2. The molecular formula is C28H37Cl2N3O5S. The van der Waals surface area contributed by atoms with Gasteiger partial charge in [0, 0.05) is 12.6 Å². The van der Waals surface area contributed by atoms with Crippen molar-refractivity contribution < 1.29 is 22.7 Å². The van der Waals surface area contributed by atoms with E-state index in [1.165, 1.54) is 4.90 Å². The zero-order valence-corrected chi connectivity index (χ0v) is 25.0. The molecule has 1 fully saturated rings. The zero-order chi connectivity index (χ0) is 28.6. The molecule has 2 aromatic rings. The fourth-order valence-electron chi connectivity index (χ4n) is 4.79. The molecule has 1 N–H and O–H groups in total. The third kappa shape index (κ3) is 8.75. The summed E-state index contributed by atoms with van der Waals surface area (Å²) in [5.74, 6) is -0.163. The van der Waals surface area contributed by atoms with Gasteiger partial charge in [0.1, 0.15) is 18.3 Å². The van der Waals surface area contributed by atoms with Gasteiger partial charge in [0.25, 0.3) is 0 Å². The predicted octanol–water partition coefficient (Wildman–Crippen LogP) is 5.41. The highest BCUT2D eigenvalue weighted by Crippen LogP contribution is 2.26. The van der Waals surface area contributed by atoms with Crippen LogP contribution in [0.5, 0.6) is 5.75 Å². The number of carbonyl (C=O) groups excluding carboxylic acids is 2. The third-order valence-corrected chi connectivity index (χ3v) is 8.67. The van der Waals surface area contributed by atoms with E-state index in [4.69, 9.17) is 27.9 Å². The van der Waals surface area contributed by atoms with Crippen molar-refractivity contribution in [1.29, 1.82) is 0 Å². The first-order valence-electron chi connectivity index (χ1n) is 13.3. The van der Waals surface area contributed by atoms with Crippen molar-refractivity contribution in [2.75, 3.05) is 23.7 Å². The van der Waals surface area contributed by atoms with Crippen molar-refractivity contribution in [3.05, 3.63) is 58.1 Å². The smallest absolute Gasteiger partial charge is 0.244 e. The molecule has 1 aliphatic rings. The first-order chi connectivity index (χ1) is 18.5. The van der Waals surface area contributed by atoms with Crippen LogP contribution in [0, 0.1) is 0 Å². The van der Waals surface area contributed by atoms with Crippen LogP contribution in [0.15, 0.2) is 42.5 Å². The van der Waals surface area contributed by atoms with Crippen molar-refractivity contribution in [3.63, 3.8) is 0 Å². The van der Waals surface area contributed by atoms with E-state index >= 15 is 0 Å². The molecule has 0 aromatic heterocycles. The fraction of sp³-hybridized carbons (Fsp3) is 0.500. The van der Waals surface area contributed by atoms with Gasteiger partial charge in [0.2, 0.25) is 21.8 Å². The van der Waals surface area contributed by atoms with Crippen LogP contribution >= 0.6 is 23.2 Å². The van der Waals surface area contributed by atoms with Crippen molar-refractivity contribution in [1.82, 2.24) is 10.2 Å². The van der Waals surface area contributed by atoms with Crippen LogP contribution in [0.4, 0.5) is 5.69 Å². The predicted molar refractivity (Wildman–Crippen MR) is 156 cm³/mol. The topological polar surface area (TPSA) is 96.0 Å². The minimum atomic E-state index is -3.83. The Hall–Kier alpha value is -2.49. The van der Waals surface area contributed by atoms with Crippen molar-refractivity contribution >= 4 is 50.7 Å². The molecule has 2 aromatic carbocycles. The van der Waals surface area contributed by atoms with Crippen LogP contribution in [0.3, 0.4) is 0 Å². The number of amides is 2. The Balaban J connectivity index is 1.91. The molecule has 8 nitrogen and oxygen atoms in total. The molecule has 11 heteroatoms. The van der Waals surface area contributed by atoms with Gasteiger partial charge in [0.05, 0.1) is 28.6 Å². The van der Waals surface area contributed by atoms with Gasteiger partial charge in [-0.1, -0.05) is 55.5 Å². The Labute approximate surface area is 241 Å². The molecule has 1 saturated carbocycles. The summed E-state index contributed by atoms with van der Waals surface area (Å²) >= 11 is 12.3. The van der Waals surface area contributed by atoms with Gasteiger partial charge in [0.15, 0.2) is 0 Å². The van der Waals surface area contributed by atoms with Crippen LogP contribution in [0.1, 0.15) is 57.9 Å². The van der Waals surface area contributed by atoms with Crippen LogP contribution in [0.2, 0.25) is 10.0 Å². The summed E-state index contributed by atoms with van der Waals surface area (Å²) in [7, 11) is -3.83. The highest BCUT2D eigenvalue weighted by atomic mass is 35.5. The summed E-state index contributed by atoms with van der Waals surface area (Å²) in [5, 5.41) is 3.82. The minimum Gasteiger partial charge on any atom is -0.494 e. The van der Waals surface area contributed by atoms with E-state index in [0.717, 1.165) is 42.7 Å². The summed E-state index contributed by atoms with van der Waals surface area (Å²) in [4.78, 5) is 28.7. The summed E-state index contributed by atoms with van der Waals surface area (Å²) in [5.41, 5.74) is 0.997. The lowest BCUT2D eigenvalue weighted by Gasteiger charge is -2.34.